The number of carbonyl (C=O) groups is 1. The SMILES string of the molecule is NS(=O)(=O)C1CC(=O)N(CCc2cocn2)C1. The predicted octanol–water partition coefficient (Wildman–Crippen LogP) is -0.893. The fraction of sp³-hybridized carbons (Fsp3) is 0.556. The molecule has 0 aliphatic carbocycles. The molecule has 7 nitrogen and oxygen atoms in total. The second-order valence-corrected chi connectivity index (χ2v) is 5.83. The van der Waals surface area contributed by atoms with Gasteiger partial charge in [-0.1, -0.05) is 0 Å². The van der Waals surface area contributed by atoms with Gasteiger partial charge in [-0.05, 0) is 0 Å². The summed E-state index contributed by atoms with van der Waals surface area (Å²) in [5, 5.41) is 4.24. The zero-order chi connectivity index (χ0) is 12.5. The summed E-state index contributed by atoms with van der Waals surface area (Å²) in [7, 11) is -3.64. The van der Waals surface area contributed by atoms with Crippen LogP contribution < -0.4 is 5.14 Å². The van der Waals surface area contributed by atoms with E-state index < -0.39 is 15.3 Å². The minimum atomic E-state index is -3.64. The van der Waals surface area contributed by atoms with Crippen molar-refractivity contribution in [1.29, 1.82) is 0 Å². The molecule has 1 aromatic rings. The maximum absolute atomic E-state index is 11.6. The number of nitrogens with two attached hydrogens (primary N) is 1. The van der Waals surface area contributed by atoms with Crippen molar-refractivity contribution < 1.29 is 17.6 Å². The van der Waals surface area contributed by atoms with E-state index in [2.05, 4.69) is 4.98 Å². The van der Waals surface area contributed by atoms with Crippen LogP contribution in [0.1, 0.15) is 12.1 Å². The molecule has 2 heterocycles. The van der Waals surface area contributed by atoms with Crippen LogP contribution in [0.4, 0.5) is 0 Å². The van der Waals surface area contributed by atoms with E-state index in [1.807, 2.05) is 0 Å². The smallest absolute Gasteiger partial charge is 0.224 e. The molecule has 1 aromatic heterocycles. The van der Waals surface area contributed by atoms with Crippen molar-refractivity contribution in [1.82, 2.24) is 9.88 Å². The van der Waals surface area contributed by atoms with E-state index >= 15 is 0 Å². The van der Waals surface area contributed by atoms with Gasteiger partial charge in [-0.15, -0.1) is 0 Å². The minimum Gasteiger partial charge on any atom is -0.451 e. The summed E-state index contributed by atoms with van der Waals surface area (Å²) < 4.78 is 27.1. The minimum absolute atomic E-state index is 0.0301. The van der Waals surface area contributed by atoms with Gasteiger partial charge in [0.25, 0.3) is 0 Å². The maximum atomic E-state index is 11.6. The third-order valence-electron chi connectivity index (χ3n) is 2.76. The monoisotopic (exact) mass is 259 g/mol. The molecule has 0 radical (unpaired) electrons. The Morgan fingerprint density at radius 3 is 2.88 bits per heavy atom. The largest absolute Gasteiger partial charge is 0.451 e. The number of likely N-dealkylation sites (tertiary alicyclic amines) is 1. The van der Waals surface area contributed by atoms with Crippen LogP contribution in [0, 0.1) is 0 Å². The third kappa shape index (κ3) is 2.83. The van der Waals surface area contributed by atoms with Crippen LogP contribution in [-0.4, -0.2) is 42.5 Å². The molecule has 0 saturated carbocycles. The van der Waals surface area contributed by atoms with E-state index in [0.29, 0.717) is 13.0 Å². The van der Waals surface area contributed by atoms with Gasteiger partial charge in [-0.25, -0.2) is 18.5 Å². The predicted molar refractivity (Wildman–Crippen MR) is 58.3 cm³/mol. The van der Waals surface area contributed by atoms with E-state index in [4.69, 9.17) is 9.56 Å². The van der Waals surface area contributed by atoms with Crippen LogP contribution in [0.25, 0.3) is 0 Å². The van der Waals surface area contributed by atoms with Crippen LogP contribution >= 0.6 is 0 Å². The maximum Gasteiger partial charge on any atom is 0.224 e. The first-order chi connectivity index (χ1) is 7.97. The van der Waals surface area contributed by atoms with Gasteiger partial charge >= 0.3 is 0 Å². The molecule has 1 amide bonds. The van der Waals surface area contributed by atoms with E-state index in [9.17, 15) is 13.2 Å². The number of primary sulfonamides is 1. The van der Waals surface area contributed by atoms with Gasteiger partial charge in [0.05, 0.1) is 5.69 Å². The standard InChI is InChI=1S/C9H13N3O4S/c10-17(14,15)8-3-9(13)12(4-8)2-1-7-5-16-6-11-7/h5-6,8H,1-4H2,(H2,10,14,15). The molecule has 1 fully saturated rings. The van der Waals surface area contributed by atoms with Crippen molar-refractivity contribution >= 4 is 15.9 Å². The molecule has 1 atom stereocenters. The van der Waals surface area contributed by atoms with Gasteiger partial charge in [-0.3, -0.25) is 4.79 Å². The number of sulfonamides is 1. The van der Waals surface area contributed by atoms with E-state index in [0.717, 1.165) is 5.69 Å². The van der Waals surface area contributed by atoms with Crippen LogP contribution in [0.2, 0.25) is 0 Å². The molecule has 1 saturated heterocycles. The first-order valence-electron chi connectivity index (χ1n) is 5.13. The normalized spacial score (nSPS) is 21.1. The zero-order valence-electron chi connectivity index (χ0n) is 9.07. The Bertz CT molecular complexity index is 496. The molecule has 2 rings (SSSR count). The Hall–Kier alpha value is -1.41. The van der Waals surface area contributed by atoms with Gasteiger partial charge in [0.15, 0.2) is 6.39 Å². The molecule has 0 spiro atoms. The molecule has 1 unspecified atom stereocenters. The van der Waals surface area contributed by atoms with Crippen molar-refractivity contribution in [3.8, 4) is 0 Å². The summed E-state index contributed by atoms with van der Waals surface area (Å²) in [6, 6.07) is 0. The Balaban J connectivity index is 1.93. The second-order valence-electron chi connectivity index (χ2n) is 3.98. The molecule has 1 aliphatic heterocycles. The van der Waals surface area contributed by atoms with Crippen molar-refractivity contribution in [2.45, 2.75) is 18.1 Å². The molecule has 8 heteroatoms. The van der Waals surface area contributed by atoms with E-state index in [-0.39, 0.29) is 18.9 Å². The summed E-state index contributed by atoms with van der Waals surface area (Å²) in [6.07, 6.45) is 3.32. The molecular weight excluding hydrogens is 246 g/mol. The van der Waals surface area contributed by atoms with Gasteiger partial charge < -0.3 is 9.32 Å². The fourth-order valence-corrected chi connectivity index (χ4v) is 2.55. The number of amides is 1. The van der Waals surface area contributed by atoms with Gasteiger partial charge in [0, 0.05) is 25.9 Å². The van der Waals surface area contributed by atoms with Crippen molar-refractivity contribution in [3.63, 3.8) is 0 Å². The summed E-state index contributed by atoms with van der Waals surface area (Å²) in [4.78, 5) is 17.0. The number of aromatic nitrogens is 1. The first-order valence-corrected chi connectivity index (χ1v) is 6.74. The highest BCUT2D eigenvalue weighted by Gasteiger charge is 2.36. The van der Waals surface area contributed by atoms with E-state index in [1.165, 1.54) is 17.6 Å². The Morgan fingerprint density at radius 2 is 2.35 bits per heavy atom. The van der Waals surface area contributed by atoms with Gasteiger partial charge in [-0.2, -0.15) is 0 Å². The lowest BCUT2D eigenvalue weighted by atomic mass is 10.3. The topological polar surface area (TPSA) is 106 Å². The number of rotatable bonds is 4. The van der Waals surface area contributed by atoms with Crippen molar-refractivity contribution in [2.24, 2.45) is 5.14 Å². The quantitative estimate of drug-likeness (QED) is 0.754. The third-order valence-corrected chi connectivity index (χ3v) is 4.01. The lowest BCUT2D eigenvalue weighted by Crippen LogP contribution is -2.33. The van der Waals surface area contributed by atoms with Crippen LogP contribution in [0.3, 0.4) is 0 Å². The summed E-state index contributed by atoms with van der Waals surface area (Å²) >= 11 is 0. The average Bonchev–Trinajstić information content (AvgIpc) is 2.83. The highest BCUT2D eigenvalue weighted by atomic mass is 32.2. The second kappa shape index (κ2) is 4.46. The molecule has 2 N–H and O–H groups in total. The van der Waals surface area contributed by atoms with Gasteiger partial charge in [0.1, 0.15) is 11.5 Å². The number of carbonyl (C=O) groups excluding carboxylic acids is 1. The highest BCUT2D eigenvalue weighted by molar-refractivity contribution is 7.89. The molecule has 17 heavy (non-hydrogen) atoms. The number of hydrogen-bond acceptors (Lipinski definition) is 5. The Kier molecular flexibility index (Phi) is 3.16. The average molecular weight is 259 g/mol. The molecule has 0 bridgehead atoms. The molecule has 1 aliphatic rings. The number of hydrogen-bond donors (Lipinski definition) is 1. The van der Waals surface area contributed by atoms with Gasteiger partial charge in [0.2, 0.25) is 15.9 Å². The molecule has 94 valence electrons. The zero-order valence-corrected chi connectivity index (χ0v) is 9.89. The number of nitrogens with zero attached hydrogens (tertiary/aromatic N) is 2. The highest BCUT2D eigenvalue weighted by Crippen LogP contribution is 2.16. The summed E-state index contributed by atoms with van der Waals surface area (Å²) in [5.74, 6) is -0.187. The molecular formula is C9H13N3O4S. The number of oxazole rings is 1. The van der Waals surface area contributed by atoms with Crippen LogP contribution in [-0.2, 0) is 21.2 Å². The lowest BCUT2D eigenvalue weighted by Gasteiger charge is -2.14. The lowest BCUT2D eigenvalue weighted by molar-refractivity contribution is -0.127. The van der Waals surface area contributed by atoms with Crippen molar-refractivity contribution in [3.05, 3.63) is 18.4 Å². The fourth-order valence-electron chi connectivity index (χ4n) is 1.78. The molecule has 0 aromatic carbocycles. The van der Waals surface area contributed by atoms with Crippen molar-refractivity contribution in [2.75, 3.05) is 13.1 Å². The van der Waals surface area contributed by atoms with Crippen LogP contribution in [0.15, 0.2) is 17.1 Å². The Morgan fingerprint density at radius 1 is 1.59 bits per heavy atom. The summed E-state index contributed by atoms with van der Waals surface area (Å²) in [6.45, 7) is 0.590. The van der Waals surface area contributed by atoms with E-state index in [1.54, 1.807) is 0 Å². The Labute approximate surface area is 98.7 Å². The summed E-state index contributed by atoms with van der Waals surface area (Å²) in [5.41, 5.74) is 0.733. The van der Waals surface area contributed by atoms with Crippen LogP contribution in [0.5, 0.6) is 0 Å². The first kappa shape index (κ1) is 12.1.